The Morgan fingerprint density at radius 3 is 2.58 bits per heavy atom. The van der Waals surface area contributed by atoms with Crippen molar-refractivity contribution in [2.75, 3.05) is 36.8 Å². The molecule has 0 radical (unpaired) electrons. The number of nitrogen functional groups attached to an aromatic ring is 1. The van der Waals surface area contributed by atoms with E-state index < -0.39 is 0 Å². The molecule has 0 aliphatic carbocycles. The van der Waals surface area contributed by atoms with E-state index in [1.807, 2.05) is 50.3 Å². The molecule has 7 heteroatoms. The van der Waals surface area contributed by atoms with E-state index in [-0.39, 0.29) is 6.10 Å². The number of nitrogens with two attached hydrogens (primary N) is 1. The second kappa shape index (κ2) is 14.4. The Morgan fingerprint density at radius 1 is 1.35 bits per heavy atom. The number of allylic oxidation sites excluding steroid dienone is 1. The summed E-state index contributed by atoms with van der Waals surface area (Å²) in [5, 5.41) is 6.14. The SMILES string of the molecule is C/C=C\C(C/C=C/Sc1nc(N)nc2c1NCN2C)OC.CC.CCC. The molecule has 0 saturated heterocycles. The number of ether oxygens (including phenoxy) is 1. The molecule has 1 atom stereocenters. The van der Waals surface area contributed by atoms with Gasteiger partial charge in [0.1, 0.15) is 10.7 Å². The molecule has 0 bridgehead atoms. The molecule has 0 aromatic carbocycles. The van der Waals surface area contributed by atoms with Crippen molar-refractivity contribution in [3.63, 3.8) is 0 Å². The van der Waals surface area contributed by atoms with Crippen molar-refractivity contribution in [3.8, 4) is 0 Å². The van der Waals surface area contributed by atoms with Crippen LogP contribution in [-0.2, 0) is 4.74 Å². The fourth-order valence-corrected chi connectivity index (χ4v) is 2.77. The molecular formula is C19H35N5OS. The lowest BCUT2D eigenvalue weighted by atomic mass is 10.2. The van der Waals surface area contributed by atoms with Crippen molar-refractivity contribution < 1.29 is 4.74 Å². The third-order valence-corrected chi connectivity index (χ3v) is 3.93. The van der Waals surface area contributed by atoms with Crippen molar-refractivity contribution in [3.05, 3.63) is 23.6 Å². The zero-order valence-electron chi connectivity index (χ0n) is 17.2. The van der Waals surface area contributed by atoms with Gasteiger partial charge >= 0.3 is 0 Å². The summed E-state index contributed by atoms with van der Waals surface area (Å²) in [6.07, 6.45) is 8.28. The van der Waals surface area contributed by atoms with Gasteiger partial charge in [-0.05, 0) is 18.8 Å². The topological polar surface area (TPSA) is 76.3 Å². The maximum atomic E-state index is 5.76. The Bertz CT molecular complexity index is 563. The van der Waals surface area contributed by atoms with Gasteiger partial charge in [-0.2, -0.15) is 4.98 Å². The Labute approximate surface area is 163 Å². The molecule has 2 heterocycles. The summed E-state index contributed by atoms with van der Waals surface area (Å²) < 4.78 is 5.34. The van der Waals surface area contributed by atoms with Crippen molar-refractivity contribution in [2.24, 2.45) is 0 Å². The van der Waals surface area contributed by atoms with Gasteiger partial charge in [-0.3, -0.25) is 0 Å². The van der Waals surface area contributed by atoms with Gasteiger partial charge in [0.2, 0.25) is 5.95 Å². The highest BCUT2D eigenvalue weighted by atomic mass is 32.2. The molecule has 1 unspecified atom stereocenters. The number of thioether (sulfide) groups is 1. The highest BCUT2D eigenvalue weighted by Gasteiger charge is 2.21. The van der Waals surface area contributed by atoms with Gasteiger partial charge in [0.05, 0.1) is 12.8 Å². The lowest BCUT2D eigenvalue weighted by Gasteiger charge is -2.09. The number of hydrogen-bond acceptors (Lipinski definition) is 7. The third kappa shape index (κ3) is 8.10. The molecule has 0 saturated carbocycles. The molecule has 1 aliphatic heterocycles. The molecule has 148 valence electrons. The zero-order valence-corrected chi connectivity index (χ0v) is 18.1. The number of methoxy groups -OCH3 is 1. The van der Waals surface area contributed by atoms with Crippen LogP contribution in [0, 0.1) is 0 Å². The predicted molar refractivity (Wildman–Crippen MR) is 116 cm³/mol. The van der Waals surface area contributed by atoms with Crippen LogP contribution in [0.25, 0.3) is 0 Å². The summed E-state index contributed by atoms with van der Waals surface area (Å²) >= 11 is 1.53. The van der Waals surface area contributed by atoms with Gasteiger partial charge in [0, 0.05) is 14.2 Å². The number of aromatic nitrogens is 2. The molecule has 0 fully saturated rings. The Hall–Kier alpha value is -1.73. The first kappa shape index (κ1) is 24.3. The van der Waals surface area contributed by atoms with Crippen LogP contribution < -0.4 is 16.0 Å². The van der Waals surface area contributed by atoms with Crippen LogP contribution >= 0.6 is 11.8 Å². The molecule has 3 N–H and O–H groups in total. The van der Waals surface area contributed by atoms with E-state index in [4.69, 9.17) is 10.5 Å². The van der Waals surface area contributed by atoms with Crippen LogP contribution in [0.1, 0.15) is 47.5 Å². The van der Waals surface area contributed by atoms with E-state index in [1.54, 1.807) is 7.11 Å². The minimum absolute atomic E-state index is 0.109. The van der Waals surface area contributed by atoms with Crippen molar-refractivity contribution in [2.45, 2.75) is 58.6 Å². The number of nitrogens with zero attached hydrogens (tertiary/aromatic N) is 3. The van der Waals surface area contributed by atoms with E-state index in [2.05, 4.69) is 35.2 Å². The minimum atomic E-state index is 0.109. The van der Waals surface area contributed by atoms with E-state index in [1.165, 1.54) is 18.2 Å². The Balaban J connectivity index is 0.00000113. The van der Waals surface area contributed by atoms with Crippen LogP contribution in [0.2, 0.25) is 0 Å². The molecule has 6 nitrogen and oxygen atoms in total. The van der Waals surface area contributed by atoms with Crippen LogP contribution in [0.15, 0.2) is 28.7 Å². The minimum Gasteiger partial charge on any atom is -0.377 e. The first-order valence-electron chi connectivity index (χ1n) is 9.17. The second-order valence-corrected chi connectivity index (χ2v) is 6.25. The normalized spacial score (nSPS) is 13.6. The standard InChI is InChI=1S/C14H21N5OS.C3H8.C2H6/c1-4-6-10(20-3)7-5-8-21-13-11-12(17-14(15)18-13)19(2)9-16-11;1-3-2;1-2/h4-6,8,10,16H,7,9H2,1-3H3,(H2,15,17,18);3H2,1-2H3;1-2H3/b6-4-,8-5+;;. The van der Waals surface area contributed by atoms with Crippen LogP contribution in [0.5, 0.6) is 0 Å². The summed E-state index contributed by atoms with van der Waals surface area (Å²) in [5.41, 5.74) is 6.71. The molecule has 0 amide bonds. The maximum Gasteiger partial charge on any atom is 0.223 e. The molecule has 2 rings (SSSR count). The lowest BCUT2D eigenvalue weighted by Crippen LogP contribution is -2.16. The monoisotopic (exact) mass is 381 g/mol. The molecule has 0 spiro atoms. The van der Waals surface area contributed by atoms with Gasteiger partial charge in [0.25, 0.3) is 0 Å². The predicted octanol–water partition coefficient (Wildman–Crippen LogP) is 4.91. The van der Waals surface area contributed by atoms with Gasteiger partial charge in [-0.25, -0.2) is 4.98 Å². The maximum absolute atomic E-state index is 5.76. The van der Waals surface area contributed by atoms with E-state index in [0.717, 1.165) is 29.6 Å². The van der Waals surface area contributed by atoms with Crippen molar-refractivity contribution in [1.82, 2.24) is 9.97 Å². The van der Waals surface area contributed by atoms with Crippen LogP contribution in [-0.4, -0.2) is 36.9 Å². The summed E-state index contributed by atoms with van der Waals surface area (Å²) in [5.74, 6) is 1.14. The van der Waals surface area contributed by atoms with Crippen LogP contribution in [0.4, 0.5) is 17.5 Å². The smallest absolute Gasteiger partial charge is 0.223 e. The molecule has 1 aliphatic rings. The fourth-order valence-electron chi connectivity index (χ4n) is 2.00. The van der Waals surface area contributed by atoms with Gasteiger partial charge in [-0.1, -0.05) is 64.1 Å². The quantitative estimate of drug-likeness (QED) is 0.412. The summed E-state index contributed by atoms with van der Waals surface area (Å²) in [6.45, 7) is 11.0. The van der Waals surface area contributed by atoms with E-state index in [0.29, 0.717) is 5.95 Å². The Kier molecular flexibility index (Phi) is 13.5. The van der Waals surface area contributed by atoms with Gasteiger partial charge in [0.15, 0.2) is 5.82 Å². The van der Waals surface area contributed by atoms with Crippen LogP contribution in [0.3, 0.4) is 0 Å². The van der Waals surface area contributed by atoms with E-state index in [9.17, 15) is 0 Å². The van der Waals surface area contributed by atoms with Crippen molar-refractivity contribution >= 4 is 29.2 Å². The van der Waals surface area contributed by atoms with Gasteiger partial charge in [-0.15, -0.1) is 0 Å². The summed E-state index contributed by atoms with van der Waals surface area (Å²) in [4.78, 5) is 10.6. The highest BCUT2D eigenvalue weighted by molar-refractivity contribution is 8.02. The second-order valence-electron chi connectivity index (χ2n) is 5.35. The number of anilines is 3. The highest BCUT2D eigenvalue weighted by Crippen LogP contribution is 2.37. The fraction of sp³-hybridized carbons (Fsp3) is 0.579. The number of rotatable bonds is 6. The molecule has 26 heavy (non-hydrogen) atoms. The lowest BCUT2D eigenvalue weighted by molar-refractivity contribution is 0.143. The molecular weight excluding hydrogens is 346 g/mol. The van der Waals surface area contributed by atoms with E-state index >= 15 is 0 Å². The average Bonchev–Trinajstić information content (AvgIpc) is 3.01. The number of fused-ring (bicyclic) bond motifs is 1. The summed E-state index contributed by atoms with van der Waals surface area (Å²) in [6, 6.07) is 0. The zero-order chi connectivity index (χ0) is 19.9. The van der Waals surface area contributed by atoms with Gasteiger partial charge < -0.3 is 20.7 Å². The first-order chi connectivity index (χ1) is 12.6. The first-order valence-corrected chi connectivity index (χ1v) is 10.0. The average molecular weight is 382 g/mol. The largest absolute Gasteiger partial charge is 0.377 e. The summed E-state index contributed by atoms with van der Waals surface area (Å²) in [7, 11) is 3.68. The number of hydrogen-bond donors (Lipinski definition) is 2. The number of nitrogens with one attached hydrogen (secondary N) is 1. The Morgan fingerprint density at radius 2 is 2.00 bits per heavy atom. The molecule has 1 aromatic heterocycles. The van der Waals surface area contributed by atoms with Crippen molar-refractivity contribution in [1.29, 1.82) is 0 Å². The third-order valence-electron chi connectivity index (χ3n) is 3.08. The molecule has 1 aromatic rings.